The number of nitrogens with one attached hydrogen (secondary N) is 1. The maximum absolute atomic E-state index is 13.0. The molecule has 2 aliphatic rings. The average molecular weight is 531 g/mol. The minimum atomic E-state index is -4.45. The van der Waals surface area contributed by atoms with Crippen LogP contribution >= 0.6 is 0 Å². The van der Waals surface area contributed by atoms with Crippen LogP contribution < -0.4 is 10.1 Å². The van der Waals surface area contributed by atoms with E-state index in [2.05, 4.69) is 10.2 Å². The molecule has 1 saturated heterocycles. The van der Waals surface area contributed by atoms with Crippen LogP contribution in [0, 0.1) is 0 Å². The van der Waals surface area contributed by atoms with Crippen molar-refractivity contribution in [3.8, 4) is 5.75 Å². The predicted octanol–water partition coefficient (Wildman–Crippen LogP) is 4.97. The number of benzene rings is 2. The lowest BCUT2D eigenvalue weighted by atomic mass is 9.55. The number of piperidine rings is 1. The van der Waals surface area contributed by atoms with E-state index < -0.39 is 22.8 Å². The normalized spacial score (nSPS) is 26.0. The molecule has 1 amide bonds. The fourth-order valence-electron chi connectivity index (χ4n) is 6.08. The molecule has 0 radical (unpaired) electrons. The Bertz CT molecular complexity index is 1210. The number of rotatable bonds is 6. The molecular weight excluding hydrogens is 497 g/mol. The number of likely N-dealkylation sites (tertiary alicyclic amines) is 1. The summed E-state index contributed by atoms with van der Waals surface area (Å²) in [6.07, 6.45) is 0.596. The number of halogens is 3. The molecule has 0 aromatic heterocycles. The molecule has 6 nitrogen and oxygen atoms in total. The Kier molecular flexibility index (Phi) is 7.88. The van der Waals surface area contributed by atoms with Crippen molar-refractivity contribution in [2.45, 2.75) is 55.8 Å². The van der Waals surface area contributed by atoms with Gasteiger partial charge in [-0.2, -0.15) is 13.2 Å². The Balaban J connectivity index is 1.60. The van der Waals surface area contributed by atoms with Gasteiger partial charge in [0.2, 0.25) is 5.91 Å². The molecular formula is C29H33F3N2O4. The van der Waals surface area contributed by atoms with E-state index in [0.717, 1.165) is 30.7 Å². The molecule has 1 aliphatic carbocycles. The van der Waals surface area contributed by atoms with Crippen molar-refractivity contribution in [1.29, 1.82) is 0 Å². The van der Waals surface area contributed by atoms with Crippen molar-refractivity contribution in [3.63, 3.8) is 0 Å². The summed E-state index contributed by atoms with van der Waals surface area (Å²) in [7, 11) is 3.61. The number of carbonyl (C=O) groups excluding carboxylic acids is 2. The summed E-state index contributed by atoms with van der Waals surface area (Å²) in [6.45, 7) is 2.78. The largest absolute Gasteiger partial charge is 0.497 e. The van der Waals surface area contributed by atoms with Crippen molar-refractivity contribution in [2.24, 2.45) is 0 Å². The molecule has 2 fully saturated rings. The van der Waals surface area contributed by atoms with Gasteiger partial charge in [0.15, 0.2) is 0 Å². The Labute approximate surface area is 220 Å². The first kappa shape index (κ1) is 27.7. The Morgan fingerprint density at radius 2 is 1.89 bits per heavy atom. The van der Waals surface area contributed by atoms with E-state index in [4.69, 9.17) is 9.47 Å². The smallest absolute Gasteiger partial charge is 0.416 e. The number of hydrogen-bond acceptors (Lipinski definition) is 5. The molecule has 1 heterocycles. The van der Waals surface area contributed by atoms with Crippen LogP contribution in [-0.4, -0.2) is 55.7 Å². The second-order valence-corrected chi connectivity index (χ2v) is 10.3. The number of esters is 1. The number of ether oxygens (including phenoxy) is 2. The van der Waals surface area contributed by atoms with Crippen LogP contribution in [-0.2, 0) is 25.9 Å². The Morgan fingerprint density at radius 1 is 1.13 bits per heavy atom. The number of amides is 1. The monoisotopic (exact) mass is 530 g/mol. The number of carbonyl (C=O) groups is 2. The van der Waals surface area contributed by atoms with Crippen LogP contribution in [0.25, 0.3) is 6.08 Å². The fourth-order valence-corrected chi connectivity index (χ4v) is 6.08. The van der Waals surface area contributed by atoms with E-state index in [-0.39, 0.29) is 23.5 Å². The van der Waals surface area contributed by atoms with Gasteiger partial charge in [0.05, 0.1) is 12.7 Å². The van der Waals surface area contributed by atoms with Gasteiger partial charge in [0.25, 0.3) is 0 Å². The molecule has 1 N–H and O–H groups in total. The molecule has 204 valence electrons. The van der Waals surface area contributed by atoms with Crippen molar-refractivity contribution in [3.05, 3.63) is 71.3 Å². The summed E-state index contributed by atoms with van der Waals surface area (Å²) in [5.74, 6) is -0.0390. The van der Waals surface area contributed by atoms with Gasteiger partial charge in [0.1, 0.15) is 11.4 Å². The maximum Gasteiger partial charge on any atom is 0.416 e. The zero-order valence-electron chi connectivity index (χ0n) is 21.8. The molecule has 3 atom stereocenters. The van der Waals surface area contributed by atoms with E-state index in [9.17, 15) is 22.8 Å². The van der Waals surface area contributed by atoms with Gasteiger partial charge in [-0.1, -0.05) is 24.3 Å². The van der Waals surface area contributed by atoms with Gasteiger partial charge in [-0.3, -0.25) is 9.59 Å². The molecule has 3 unspecified atom stereocenters. The first-order valence-corrected chi connectivity index (χ1v) is 12.6. The lowest BCUT2D eigenvalue weighted by molar-refractivity contribution is -0.185. The third-order valence-electron chi connectivity index (χ3n) is 7.76. The highest BCUT2D eigenvalue weighted by atomic mass is 19.4. The molecule has 1 saturated carbocycles. The number of methoxy groups -OCH3 is 1. The first-order valence-electron chi connectivity index (χ1n) is 12.6. The van der Waals surface area contributed by atoms with E-state index >= 15 is 0 Å². The third-order valence-corrected chi connectivity index (χ3v) is 7.76. The molecule has 2 aromatic carbocycles. The number of alkyl halides is 3. The van der Waals surface area contributed by atoms with Gasteiger partial charge < -0.3 is 19.7 Å². The molecule has 4 rings (SSSR count). The minimum Gasteiger partial charge on any atom is -0.497 e. The summed E-state index contributed by atoms with van der Waals surface area (Å²) in [5, 5.41) is 3.04. The van der Waals surface area contributed by atoms with Gasteiger partial charge in [-0.25, -0.2) is 0 Å². The van der Waals surface area contributed by atoms with Crippen molar-refractivity contribution in [1.82, 2.24) is 10.2 Å². The van der Waals surface area contributed by atoms with Crippen LogP contribution in [0.4, 0.5) is 13.2 Å². The number of hydrogen-bond donors (Lipinski definition) is 1. The highest BCUT2D eigenvalue weighted by Crippen LogP contribution is 2.54. The topological polar surface area (TPSA) is 67.9 Å². The van der Waals surface area contributed by atoms with Crippen LogP contribution in [0.15, 0.2) is 54.6 Å². The van der Waals surface area contributed by atoms with E-state index in [0.29, 0.717) is 31.6 Å². The predicted molar refractivity (Wildman–Crippen MR) is 138 cm³/mol. The highest BCUT2D eigenvalue weighted by Gasteiger charge is 2.60. The number of nitrogens with zero attached hydrogens (tertiary/aromatic N) is 1. The third kappa shape index (κ3) is 5.72. The Morgan fingerprint density at radius 3 is 2.61 bits per heavy atom. The van der Waals surface area contributed by atoms with E-state index in [1.807, 2.05) is 31.3 Å². The molecule has 38 heavy (non-hydrogen) atoms. The summed E-state index contributed by atoms with van der Waals surface area (Å²) in [5.41, 5.74) is -0.814. The molecule has 0 bridgehead atoms. The minimum absolute atomic E-state index is 0.216. The molecule has 9 heteroatoms. The zero-order valence-corrected chi connectivity index (χ0v) is 21.8. The van der Waals surface area contributed by atoms with Crippen molar-refractivity contribution in [2.75, 3.05) is 27.2 Å². The van der Waals surface area contributed by atoms with E-state index in [1.54, 1.807) is 7.11 Å². The van der Waals surface area contributed by atoms with Gasteiger partial charge in [-0.15, -0.1) is 0 Å². The molecule has 0 spiro atoms. The zero-order chi connectivity index (χ0) is 27.6. The van der Waals surface area contributed by atoms with E-state index in [1.165, 1.54) is 31.2 Å². The summed E-state index contributed by atoms with van der Waals surface area (Å²) in [4.78, 5) is 27.3. The van der Waals surface area contributed by atoms with Crippen molar-refractivity contribution >= 4 is 18.0 Å². The molecule has 2 aromatic rings. The quantitative estimate of drug-likeness (QED) is 0.422. The maximum atomic E-state index is 13.0. The van der Waals surface area contributed by atoms with Crippen molar-refractivity contribution < 1.29 is 32.2 Å². The van der Waals surface area contributed by atoms with Crippen LogP contribution in [0.3, 0.4) is 0 Å². The second kappa shape index (κ2) is 10.8. The standard InChI is InChI=1S/C29H33F3N2O4/c1-20(35)38-28-13-12-24(33-26(36)11-10-21-6-4-8-23(16-21)29(30,31)32)18-27(28,14-15-34(2)19-28)22-7-5-9-25(17-22)37-3/h4-11,16-17,24H,12-15,18-19H2,1-3H3,(H,33,36). The van der Waals surface area contributed by atoms with Crippen LogP contribution in [0.1, 0.15) is 49.3 Å². The highest BCUT2D eigenvalue weighted by molar-refractivity contribution is 5.92. The molecule has 1 aliphatic heterocycles. The summed E-state index contributed by atoms with van der Waals surface area (Å²) in [6, 6.07) is 12.4. The SMILES string of the molecule is COc1cccc(C23CCN(C)CC2(OC(C)=O)CCC(NC(=O)C=Cc2cccc(C(F)(F)F)c2)C3)c1. The van der Waals surface area contributed by atoms with Crippen LogP contribution in [0.5, 0.6) is 5.75 Å². The number of fused-ring (bicyclic) bond motifs is 1. The van der Waals surface area contributed by atoms with Gasteiger partial charge in [0, 0.05) is 31.0 Å². The lowest BCUT2D eigenvalue weighted by Gasteiger charge is -2.59. The number of likely N-dealkylation sites (N-methyl/N-ethyl adjacent to an activating group) is 1. The van der Waals surface area contributed by atoms with Crippen LogP contribution in [0.2, 0.25) is 0 Å². The summed E-state index contributed by atoms with van der Waals surface area (Å²) < 4.78 is 50.7. The fraction of sp³-hybridized carbons (Fsp3) is 0.448. The Hall–Kier alpha value is -3.33. The lowest BCUT2D eigenvalue weighted by Crippen LogP contribution is -2.68. The average Bonchev–Trinajstić information content (AvgIpc) is 2.87. The second-order valence-electron chi connectivity index (χ2n) is 10.3. The van der Waals surface area contributed by atoms with Gasteiger partial charge >= 0.3 is 12.1 Å². The first-order chi connectivity index (χ1) is 18.0. The summed E-state index contributed by atoms with van der Waals surface area (Å²) >= 11 is 0. The van der Waals surface area contributed by atoms with Gasteiger partial charge in [-0.05, 0) is 80.7 Å².